The second-order valence-electron chi connectivity index (χ2n) is 10.2. The largest absolute Gasteiger partial charge is 0.494 e. The maximum Gasteiger partial charge on any atom is 0.256 e. The third-order valence-corrected chi connectivity index (χ3v) is 8.91. The number of benzene rings is 3. The van der Waals surface area contributed by atoms with Crippen molar-refractivity contribution in [3.8, 4) is 5.75 Å². The van der Waals surface area contributed by atoms with Crippen LogP contribution in [0.2, 0.25) is 5.02 Å². The van der Waals surface area contributed by atoms with Crippen LogP contribution >= 0.6 is 39.7 Å². The van der Waals surface area contributed by atoms with Crippen molar-refractivity contribution in [3.63, 3.8) is 0 Å². The van der Waals surface area contributed by atoms with Crippen LogP contribution in [0.25, 0.3) is 10.9 Å². The summed E-state index contributed by atoms with van der Waals surface area (Å²) in [5, 5.41) is 2.20. The van der Waals surface area contributed by atoms with Gasteiger partial charge in [0.2, 0.25) is 0 Å². The lowest BCUT2D eigenvalue weighted by atomic mass is 9.89. The summed E-state index contributed by atoms with van der Waals surface area (Å²) in [5.41, 5.74) is 4.97. The van der Waals surface area contributed by atoms with Gasteiger partial charge < -0.3 is 19.2 Å². The van der Waals surface area contributed by atoms with E-state index in [1.54, 1.807) is 23.2 Å². The van der Waals surface area contributed by atoms with E-state index in [1.807, 2.05) is 47.4 Å². The molecule has 1 saturated heterocycles. The predicted molar refractivity (Wildman–Crippen MR) is 167 cm³/mol. The second-order valence-corrected chi connectivity index (χ2v) is 12.0. The Morgan fingerprint density at radius 2 is 1.90 bits per heavy atom. The monoisotopic (exact) mass is 645 g/mol. The maximum atomic E-state index is 14.0. The second kappa shape index (κ2) is 10.6. The van der Waals surface area contributed by atoms with Gasteiger partial charge in [-0.05, 0) is 84.4 Å². The van der Waals surface area contributed by atoms with Crippen molar-refractivity contribution in [3.05, 3.63) is 112 Å². The fraction of sp³-hybridized carbons (Fsp3) is 0.194. The lowest BCUT2D eigenvalue weighted by Crippen LogP contribution is -2.44. The predicted octanol–water partition coefficient (Wildman–Crippen LogP) is 6.90. The van der Waals surface area contributed by atoms with E-state index in [-0.39, 0.29) is 11.9 Å². The van der Waals surface area contributed by atoms with Gasteiger partial charge in [-0.1, -0.05) is 39.7 Å². The average Bonchev–Trinajstić information content (AvgIpc) is 3.69. The van der Waals surface area contributed by atoms with Crippen LogP contribution in [-0.2, 0) is 17.8 Å². The first kappa shape index (κ1) is 26.3. The third-order valence-electron chi connectivity index (χ3n) is 7.77. The van der Waals surface area contributed by atoms with Gasteiger partial charge in [0.05, 0.1) is 24.7 Å². The number of aromatic nitrogens is 3. The zero-order valence-corrected chi connectivity index (χ0v) is 25.0. The number of nitrogens with one attached hydrogen (secondary N) is 1. The van der Waals surface area contributed by atoms with Gasteiger partial charge in [0, 0.05) is 51.5 Å². The van der Waals surface area contributed by atoms with E-state index in [0.29, 0.717) is 28.9 Å². The molecule has 206 valence electrons. The van der Waals surface area contributed by atoms with Crippen molar-refractivity contribution >= 4 is 67.4 Å². The number of anilines is 1. The van der Waals surface area contributed by atoms with Gasteiger partial charge in [-0.15, -0.1) is 0 Å². The smallest absolute Gasteiger partial charge is 0.256 e. The fourth-order valence-electron chi connectivity index (χ4n) is 5.87. The molecule has 0 saturated carbocycles. The highest BCUT2D eigenvalue weighted by Crippen LogP contribution is 2.45. The lowest BCUT2D eigenvalue weighted by Gasteiger charge is -2.37. The average molecular weight is 647 g/mol. The van der Waals surface area contributed by atoms with E-state index in [2.05, 4.69) is 55.1 Å². The van der Waals surface area contributed by atoms with Crippen molar-refractivity contribution in [2.75, 3.05) is 11.5 Å². The maximum absolute atomic E-state index is 14.0. The standard InChI is InChI=1S/C31H25BrClN5O2S/c32-20-4-11-26-24(16-20)25-17-27-30(39)37(22-7-5-21(33)6-8-22)31(41)38(27)29(28(25)35-26)19-2-9-23(10-3-19)40-15-1-13-36-14-12-34-18-36/h2-12,14,16,18,27,29,35H,1,13,15,17H2. The molecule has 10 heteroatoms. The van der Waals surface area contributed by atoms with Gasteiger partial charge in [0.1, 0.15) is 11.8 Å². The fourth-order valence-corrected chi connectivity index (χ4v) is 6.79. The Bertz CT molecular complexity index is 1750. The molecular weight excluding hydrogens is 622 g/mol. The molecule has 2 atom stereocenters. The van der Waals surface area contributed by atoms with Crippen LogP contribution in [0.1, 0.15) is 29.3 Å². The number of hydrogen-bond donors (Lipinski definition) is 1. The molecule has 0 spiro atoms. The molecule has 2 aliphatic rings. The molecule has 0 aliphatic carbocycles. The minimum Gasteiger partial charge on any atom is -0.494 e. The first-order chi connectivity index (χ1) is 20.0. The van der Waals surface area contributed by atoms with Crippen molar-refractivity contribution < 1.29 is 9.53 Å². The molecule has 7 rings (SSSR count). The molecule has 41 heavy (non-hydrogen) atoms. The molecule has 3 aromatic carbocycles. The highest BCUT2D eigenvalue weighted by Gasteiger charge is 2.51. The van der Waals surface area contributed by atoms with Gasteiger partial charge in [0.25, 0.3) is 5.91 Å². The number of rotatable bonds is 7. The molecule has 5 aromatic rings. The number of ether oxygens (including phenoxy) is 1. The van der Waals surface area contributed by atoms with Crippen LogP contribution < -0.4 is 9.64 Å². The molecule has 1 N–H and O–H groups in total. The summed E-state index contributed by atoms with van der Waals surface area (Å²) >= 11 is 15.8. The number of aromatic amines is 1. The van der Waals surface area contributed by atoms with Gasteiger partial charge >= 0.3 is 0 Å². The number of hydrogen-bond acceptors (Lipinski definition) is 4. The Labute approximate surface area is 255 Å². The molecule has 1 amide bonds. The summed E-state index contributed by atoms with van der Waals surface area (Å²) in [6.07, 6.45) is 6.97. The number of halogens is 2. The zero-order valence-electron chi connectivity index (χ0n) is 21.8. The third kappa shape index (κ3) is 4.71. The molecule has 7 nitrogen and oxygen atoms in total. The summed E-state index contributed by atoms with van der Waals surface area (Å²) in [4.78, 5) is 25.4. The molecular formula is C31H25BrClN5O2S. The number of imidazole rings is 1. The minimum atomic E-state index is -0.423. The van der Waals surface area contributed by atoms with Gasteiger partial charge in [-0.25, -0.2) is 4.98 Å². The van der Waals surface area contributed by atoms with Crippen LogP contribution in [0.15, 0.2) is 89.9 Å². The molecule has 0 bridgehead atoms. The molecule has 0 radical (unpaired) electrons. The van der Waals surface area contributed by atoms with Crippen LogP contribution in [0.4, 0.5) is 5.69 Å². The summed E-state index contributed by atoms with van der Waals surface area (Å²) in [6, 6.07) is 20.9. The Hall–Kier alpha value is -3.66. The number of carbonyl (C=O) groups excluding carboxylic acids is 1. The van der Waals surface area contributed by atoms with Gasteiger partial charge in [0.15, 0.2) is 5.11 Å². The van der Waals surface area contributed by atoms with Crippen molar-refractivity contribution in [2.45, 2.75) is 31.5 Å². The van der Waals surface area contributed by atoms with E-state index in [4.69, 9.17) is 28.6 Å². The molecule has 2 unspecified atom stereocenters. The summed E-state index contributed by atoms with van der Waals surface area (Å²) < 4.78 is 9.06. The van der Waals surface area contributed by atoms with E-state index in [0.717, 1.165) is 50.9 Å². The summed E-state index contributed by atoms with van der Waals surface area (Å²) in [7, 11) is 0. The Morgan fingerprint density at radius 1 is 1.10 bits per heavy atom. The quantitative estimate of drug-likeness (QED) is 0.154. The SMILES string of the molecule is O=C1C2Cc3c([nH]c4ccc(Br)cc34)C(c3ccc(OCCCn4ccnc4)cc3)N2C(=S)N1c1ccc(Cl)cc1. The van der Waals surface area contributed by atoms with Crippen molar-refractivity contribution in [1.82, 2.24) is 19.4 Å². The van der Waals surface area contributed by atoms with E-state index in [1.165, 1.54) is 0 Å². The molecule has 2 aromatic heterocycles. The van der Waals surface area contributed by atoms with Crippen molar-refractivity contribution in [2.24, 2.45) is 0 Å². The number of H-pyrrole nitrogens is 1. The Kier molecular flexibility index (Phi) is 6.81. The molecule has 2 aliphatic heterocycles. The summed E-state index contributed by atoms with van der Waals surface area (Å²) in [6.45, 7) is 1.45. The molecule has 4 heterocycles. The van der Waals surface area contributed by atoms with E-state index >= 15 is 0 Å². The summed E-state index contributed by atoms with van der Waals surface area (Å²) in [5.74, 6) is 0.769. The first-order valence-corrected chi connectivity index (χ1v) is 15.0. The number of amides is 1. The Balaban J connectivity index is 1.23. The minimum absolute atomic E-state index is 0.0323. The van der Waals surface area contributed by atoms with E-state index < -0.39 is 6.04 Å². The van der Waals surface area contributed by atoms with Crippen molar-refractivity contribution in [1.29, 1.82) is 0 Å². The number of carbonyl (C=O) groups is 1. The highest BCUT2D eigenvalue weighted by molar-refractivity contribution is 9.10. The van der Waals surface area contributed by atoms with Gasteiger partial charge in [-0.3, -0.25) is 9.69 Å². The number of aryl methyl sites for hydroxylation is 1. The molecule has 1 fully saturated rings. The lowest BCUT2D eigenvalue weighted by molar-refractivity contribution is -0.120. The number of thiocarbonyl (C=S) groups is 1. The normalized spacial score (nSPS) is 18.2. The zero-order chi connectivity index (χ0) is 28.1. The number of nitrogens with zero attached hydrogens (tertiary/aromatic N) is 4. The van der Waals surface area contributed by atoms with Gasteiger partial charge in [-0.2, -0.15) is 0 Å². The van der Waals surface area contributed by atoms with Crippen LogP contribution in [-0.4, -0.2) is 43.1 Å². The van der Waals surface area contributed by atoms with E-state index in [9.17, 15) is 4.79 Å². The topological polar surface area (TPSA) is 66.4 Å². The first-order valence-electron chi connectivity index (χ1n) is 13.4. The highest BCUT2D eigenvalue weighted by atomic mass is 79.9. The van der Waals surface area contributed by atoms with Crippen LogP contribution in [0.3, 0.4) is 0 Å². The number of fused-ring (bicyclic) bond motifs is 4. The van der Waals surface area contributed by atoms with Crippen LogP contribution in [0.5, 0.6) is 5.75 Å². The van der Waals surface area contributed by atoms with Crippen LogP contribution in [0, 0.1) is 0 Å². The Morgan fingerprint density at radius 3 is 2.66 bits per heavy atom.